The minimum Gasteiger partial charge on any atom is -0.497 e. The van der Waals surface area contributed by atoms with Crippen LogP contribution in [0.1, 0.15) is 31.1 Å². The minimum absolute atomic E-state index is 0.371. The van der Waals surface area contributed by atoms with Gasteiger partial charge in [-0.3, -0.25) is 9.59 Å². The van der Waals surface area contributed by atoms with Crippen molar-refractivity contribution in [2.75, 3.05) is 7.11 Å². The maximum Gasteiger partial charge on any atom is 0.327 e. The first kappa shape index (κ1) is 17.6. The number of rotatable bonds is 4. The number of nitrogens with one attached hydrogen (secondary N) is 1. The van der Waals surface area contributed by atoms with E-state index in [4.69, 9.17) is 4.74 Å². The molecule has 2 aliphatic rings. The van der Waals surface area contributed by atoms with Gasteiger partial charge in [0.2, 0.25) is 0 Å². The number of carbonyl (C=O) groups is 3. The fourth-order valence-corrected chi connectivity index (χ4v) is 5.03. The van der Waals surface area contributed by atoms with Crippen LogP contribution in [0, 0.1) is 0 Å². The van der Waals surface area contributed by atoms with Gasteiger partial charge in [0.25, 0.3) is 11.8 Å². The molecule has 2 saturated heterocycles. The van der Waals surface area contributed by atoms with Gasteiger partial charge in [0.15, 0.2) is 0 Å². The first-order valence-corrected chi connectivity index (χ1v) is 8.70. The van der Waals surface area contributed by atoms with E-state index in [2.05, 4.69) is 5.32 Å². The fraction of sp³-hybridized carbons (Fsp3) is 0.471. The van der Waals surface area contributed by atoms with Crippen LogP contribution in [0.3, 0.4) is 0 Å². The molecular formula is C17H20N2O5S. The predicted molar refractivity (Wildman–Crippen MR) is 92.6 cm³/mol. The van der Waals surface area contributed by atoms with Crippen molar-refractivity contribution >= 4 is 29.5 Å². The van der Waals surface area contributed by atoms with Crippen molar-refractivity contribution in [3.63, 3.8) is 0 Å². The SMILES string of the molecule is COc1ccc(C(=O)N[C@@]2(C)C(=O)N3[C@@H](C(=O)O)C(C)(C)S[C@@H]32)cc1. The standard InChI is InChI=1S/C17H20N2O5S/c1-16(2)11(13(21)22)19-14(23)17(3,15(19)25-16)18-12(20)9-5-7-10(24-4)8-6-9/h5-8,11,15H,1-4H3,(H,18,20)(H,21,22)/t11-,15+,17-/m0/s1. The summed E-state index contributed by atoms with van der Waals surface area (Å²) < 4.78 is 4.43. The molecule has 3 rings (SSSR count). The van der Waals surface area contributed by atoms with Gasteiger partial charge in [0, 0.05) is 10.3 Å². The highest BCUT2D eigenvalue weighted by atomic mass is 32.2. The van der Waals surface area contributed by atoms with Crippen molar-refractivity contribution in [1.82, 2.24) is 10.2 Å². The maximum atomic E-state index is 12.6. The third-order valence-electron chi connectivity index (χ3n) is 4.74. The van der Waals surface area contributed by atoms with Crippen LogP contribution in [0.2, 0.25) is 0 Å². The van der Waals surface area contributed by atoms with Crippen LogP contribution >= 0.6 is 11.8 Å². The number of methoxy groups -OCH3 is 1. The number of carbonyl (C=O) groups excluding carboxylic acids is 2. The summed E-state index contributed by atoms with van der Waals surface area (Å²) in [5.74, 6) is -1.15. The molecule has 2 amide bonds. The van der Waals surface area contributed by atoms with Crippen LogP contribution < -0.4 is 10.1 Å². The molecule has 0 spiro atoms. The number of ether oxygens (including phenoxy) is 1. The maximum absolute atomic E-state index is 12.6. The third kappa shape index (κ3) is 2.55. The quantitative estimate of drug-likeness (QED) is 0.783. The third-order valence-corrected chi connectivity index (χ3v) is 6.49. The molecule has 0 radical (unpaired) electrons. The van der Waals surface area contributed by atoms with E-state index in [0.717, 1.165) is 0 Å². The van der Waals surface area contributed by atoms with Gasteiger partial charge in [0.1, 0.15) is 22.7 Å². The first-order chi connectivity index (χ1) is 11.6. The molecular weight excluding hydrogens is 344 g/mol. The average Bonchev–Trinajstić information content (AvgIpc) is 2.84. The molecule has 0 unspecified atom stereocenters. The van der Waals surface area contributed by atoms with Gasteiger partial charge in [-0.05, 0) is 45.0 Å². The predicted octanol–water partition coefficient (Wildman–Crippen LogP) is 1.33. The second-order valence-electron chi connectivity index (χ2n) is 6.91. The van der Waals surface area contributed by atoms with Crippen molar-refractivity contribution in [3.05, 3.63) is 29.8 Å². The fourth-order valence-electron chi connectivity index (χ4n) is 3.39. The van der Waals surface area contributed by atoms with Crippen LogP contribution in [-0.4, -0.2) is 56.6 Å². The zero-order chi connectivity index (χ0) is 18.6. The normalized spacial score (nSPS) is 29.6. The average molecular weight is 364 g/mol. The number of benzene rings is 1. The molecule has 134 valence electrons. The van der Waals surface area contributed by atoms with E-state index in [1.54, 1.807) is 45.0 Å². The summed E-state index contributed by atoms with van der Waals surface area (Å²) in [6.45, 7) is 5.24. The summed E-state index contributed by atoms with van der Waals surface area (Å²) in [7, 11) is 1.54. The van der Waals surface area contributed by atoms with Gasteiger partial charge in [-0.25, -0.2) is 4.79 Å². The molecule has 0 saturated carbocycles. The van der Waals surface area contributed by atoms with Crippen LogP contribution in [0.15, 0.2) is 24.3 Å². The Bertz CT molecular complexity index is 748. The Labute approximate surface area is 149 Å². The molecule has 3 atom stereocenters. The van der Waals surface area contributed by atoms with Crippen molar-refractivity contribution in [2.45, 2.75) is 42.5 Å². The summed E-state index contributed by atoms with van der Waals surface area (Å²) in [6, 6.07) is 5.66. The summed E-state index contributed by atoms with van der Waals surface area (Å²) in [6.07, 6.45) is 0. The van der Waals surface area contributed by atoms with E-state index in [1.165, 1.54) is 23.8 Å². The molecule has 25 heavy (non-hydrogen) atoms. The topological polar surface area (TPSA) is 95.9 Å². The van der Waals surface area contributed by atoms with E-state index >= 15 is 0 Å². The Hall–Kier alpha value is -2.22. The Kier molecular flexibility index (Phi) is 3.98. The van der Waals surface area contributed by atoms with Crippen LogP contribution in [0.5, 0.6) is 5.75 Å². The second-order valence-corrected chi connectivity index (χ2v) is 8.65. The molecule has 2 aliphatic heterocycles. The molecule has 2 N–H and O–H groups in total. The number of β-lactam (4-membered cyclic amide) rings is 1. The lowest BCUT2D eigenvalue weighted by molar-refractivity contribution is -0.165. The molecule has 8 heteroatoms. The number of amides is 2. The van der Waals surface area contributed by atoms with Gasteiger partial charge in [-0.1, -0.05) is 0 Å². The number of carboxylic acid groups (broad SMARTS) is 1. The number of carboxylic acids is 1. The van der Waals surface area contributed by atoms with Crippen molar-refractivity contribution < 1.29 is 24.2 Å². The van der Waals surface area contributed by atoms with Crippen LogP contribution in [0.4, 0.5) is 0 Å². The van der Waals surface area contributed by atoms with Gasteiger partial charge in [-0.2, -0.15) is 0 Å². The number of fused-ring (bicyclic) bond motifs is 1. The largest absolute Gasteiger partial charge is 0.497 e. The highest BCUT2D eigenvalue weighted by Gasteiger charge is 2.70. The summed E-state index contributed by atoms with van der Waals surface area (Å²) >= 11 is 1.40. The van der Waals surface area contributed by atoms with Gasteiger partial charge < -0.3 is 20.1 Å². The lowest BCUT2D eigenvalue weighted by Crippen LogP contribution is -2.78. The summed E-state index contributed by atoms with van der Waals surface area (Å²) in [4.78, 5) is 38.1. The van der Waals surface area contributed by atoms with Gasteiger partial charge in [0.05, 0.1) is 7.11 Å². The molecule has 0 aromatic heterocycles. The van der Waals surface area contributed by atoms with Crippen molar-refractivity contribution in [3.8, 4) is 5.75 Å². The van der Waals surface area contributed by atoms with Crippen molar-refractivity contribution in [2.24, 2.45) is 0 Å². The number of thioether (sulfide) groups is 1. The molecule has 2 fully saturated rings. The molecule has 1 aromatic rings. The number of hydrogen-bond acceptors (Lipinski definition) is 5. The monoisotopic (exact) mass is 364 g/mol. The highest BCUT2D eigenvalue weighted by molar-refractivity contribution is 8.01. The van der Waals surface area contributed by atoms with Gasteiger partial charge in [-0.15, -0.1) is 11.8 Å². The van der Waals surface area contributed by atoms with Gasteiger partial charge >= 0.3 is 5.97 Å². The number of hydrogen-bond donors (Lipinski definition) is 2. The summed E-state index contributed by atoms with van der Waals surface area (Å²) in [5.41, 5.74) is -0.714. The molecule has 7 nitrogen and oxygen atoms in total. The number of aliphatic carboxylic acids is 1. The molecule has 0 aliphatic carbocycles. The van der Waals surface area contributed by atoms with Crippen LogP contribution in [0.25, 0.3) is 0 Å². The Morgan fingerprint density at radius 2 is 1.84 bits per heavy atom. The molecule has 1 aromatic carbocycles. The first-order valence-electron chi connectivity index (χ1n) is 7.82. The lowest BCUT2D eigenvalue weighted by Gasteiger charge is -2.51. The Morgan fingerprint density at radius 3 is 2.36 bits per heavy atom. The Balaban J connectivity index is 1.80. The molecule has 0 bridgehead atoms. The minimum atomic E-state index is -1.12. The van der Waals surface area contributed by atoms with E-state index < -0.39 is 27.7 Å². The highest BCUT2D eigenvalue weighted by Crippen LogP contribution is 2.54. The van der Waals surface area contributed by atoms with E-state index in [1.807, 2.05) is 0 Å². The van der Waals surface area contributed by atoms with Crippen LogP contribution in [-0.2, 0) is 9.59 Å². The van der Waals surface area contributed by atoms with Crippen molar-refractivity contribution in [1.29, 1.82) is 0 Å². The van der Waals surface area contributed by atoms with E-state index in [-0.39, 0.29) is 11.8 Å². The smallest absolute Gasteiger partial charge is 0.327 e. The van der Waals surface area contributed by atoms with E-state index in [9.17, 15) is 19.5 Å². The number of nitrogens with zero attached hydrogens (tertiary/aromatic N) is 1. The zero-order valence-corrected chi connectivity index (χ0v) is 15.2. The second kappa shape index (κ2) is 5.66. The zero-order valence-electron chi connectivity index (χ0n) is 14.4. The Morgan fingerprint density at radius 1 is 1.24 bits per heavy atom. The van der Waals surface area contributed by atoms with E-state index in [0.29, 0.717) is 11.3 Å². The lowest BCUT2D eigenvalue weighted by atomic mass is 9.86. The summed E-state index contributed by atoms with van der Waals surface area (Å²) in [5, 5.41) is 11.8. The molecule has 2 heterocycles.